The highest BCUT2D eigenvalue weighted by Crippen LogP contribution is 2.11. The molecule has 1 N–H and O–H groups in total. The molecule has 116 valence electrons. The monoisotopic (exact) mass is 301 g/mol. The van der Waals surface area contributed by atoms with Crippen molar-refractivity contribution in [1.82, 2.24) is 15.1 Å². The van der Waals surface area contributed by atoms with E-state index in [4.69, 9.17) is 4.74 Å². The zero-order chi connectivity index (χ0) is 15.9. The van der Waals surface area contributed by atoms with Crippen molar-refractivity contribution in [3.05, 3.63) is 58.0 Å². The average Bonchev–Trinajstić information content (AvgIpc) is 2.55. The third kappa shape index (κ3) is 3.94. The molecule has 1 heterocycles. The summed E-state index contributed by atoms with van der Waals surface area (Å²) in [4.78, 5) is 23.4. The molecule has 1 amide bonds. The minimum Gasteiger partial charge on any atom is -0.497 e. The van der Waals surface area contributed by atoms with E-state index >= 15 is 0 Å². The Morgan fingerprint density at radius 1 is 1.23 bits per heavy atom. The van der Waals surface area contributed by atoms with Crippen LogP contribution in [0.3, 0.4) is 0 Å². The van der Waals surface area contributed by atoms with Gasteiger partial charge in [-0.25, -0.2) is 4.68 Å². The Bertz CT molecular complexity index is 693. The Morgan fingerprint density at radius 2 is 1.95 bits per heavy atom. The minimum absolute atomic E-state index is 0.211. The van der Waals surface area contributed by atoms with Crippen molar-refractivity contribution in [2.75, 3.05) is 13.7 Å². The lowest BCUT2D eigenvalue weighted by molar-refractivity contribution is 0.0946. The number of aryl methyl sites for hydroxylation is 1. The summed E-state index contributed by atoms with van der Waals surface area (Å²) in [6, 6.07) is 10.5. The second-order valence-electron chi connectivity index (χ2n) is 4.73. The molecule has 0 saturated heterocycles. The molecule has 22 heavy (non-hydrogen) atoms. The van der Waals surface area contributed by atoms with E-state index in [1.54, 1.807) is 14.0 Å². The first-order chi connectivity index (χ1) is 10.6. The molecule has 1 aromatic heterocycles. The van der Waals surface area contributed by atoms with Gasteiger partial charge in [0, 0.05) is 19.2 Å². The van der Waals surface area contributed by atoms with E-state index < -0.39 is 0 Å². The summed E-state index contributed by atoms with van der Waals surface area (Å²) in [7, 11) is 1.62. The summed E-state index contributed by atoms with van der Waals surface area (Å²) < 4.78 is 6.36. The van der Waals surface area contributed by atoms with E-state index in [9.17, 15) is 9.59 Å². The van der Waals surface area contributed by atoms with E-state index in [1.807, 2.05) is 24.3 Å². The Balaban J connectivity index is 1.90. The molecular weight excluding hydrogens is 282 g/mol. The summed E-state index contributed by atoms with van der Waals surface area (Å²) in [6.45, 7) is 2.74. The van der Waals surface area contributed by atoms with E-state index in [1.165, 1.54) is 16.8 Å². The molecular formula is C16H19N3O3. The highest BCUT2D eigenvalue weighted by Gasteiger charge is 2.08. The zero-order valence-corrected chi connectivity index (χ0v) is 12.7. The maximum Gasteiger partial charge on any atom is 0.271 e. The molecule has 2 aromatic rings. The number of nitrogens with one attached hydrogen (secondary N) is 1. The number of rotatable bonds is 6. The SMILES string of the molecule is CCn1nc(C(=O)NCCc2ccc(OC)cc2)ccc1=O. The molecule has 0 aliphatic rings. The van der Waals surface area contributed by atoms with Gasteiger partial charge in [0.15, 0.2) is 0 Å². The molecule has 0 unspecified atom stereocenters. The van der Waals surface area contributed by atoms with Crippen LogP contribution in [0.5, 0.6) is 5.75 Å². The molecule has 1 aromatic carbocycles. The van der Waals surface area contributed by atoms with Crippen molar-refractivity contribution in [3.8, 4) is 5.75 Å². The van der Waals surface area contributed by atoms with Gasteiger partial charge in [-0.05, 0) is 37.1 Å². The van der Waals surface area contributed by atoms with Gasteiger partial charge in [-0.2, -0.15) is 5.10 Å². The molecule has 0 bridgehead atoms. The standard InChI is InChI=1S/C16H19N3O3/c1-3-19-15(20)9-8-14(18-19)16(21)17-11-10-12-4-6-13(22-2)7-5-12/h4-9H,3,10-11H2,1-2H3,(H,17,21). The van der Waals surface area contributed by atoms with Crippen molar-refractivity contribution in [2.45, 2.75) is 19.9 Å². The van der Waals surface area contributed by atoms with Gasteiger partial charge in [-0.3, -0.25) is 9.59 Å². The molecule has 0 aliphatic heterocycles. The van der Waals surface area contributed by atoms with Gasteiger partial charge in [0.1, 0.15) is 11.4 Å². The fourth-order valence-corrected chi connectivity index (χ4v) is 2.00. The van der Waals surface area contributed by atoms with Crippen LogP contribution in [0.1, 0.15) is 23.0 Å². The number of benzene rings is 1. The van der Waals surface area contributed by atoms with Gasteiger partial charge >= 0.3 is 0 Å². The normalized spacial score (nSPS) is 10.3. The molecule has 0 saturated carbocycles. The van der Waals surface area contributed by atoms with Gasteiger partial charge in [-0.15, -0.1) is 0 Å². The Morgan fingerprint density at radius 3 is 2.59 bits per heavy atom. The summed E-state index contributed by atoms with van der Waals surface area (Å²) in [5.74, 6) is 0.523. The summed E-state index contributed by atoms with van der Waals surface area (Å²) in [5.41, 5.74) is 1.14. The van der Waals surface area contributed by atoms with Crippen LogP contribution in [0.4, 0.5) is 0 Å². The molecule has 6 nitrogen and oxygen atoms in total. The number of hydrogen-bond donors (Lipinski definition) is 1. The van der Waals surface area contributed by atoms with Crippen molar-refractivity contribution in [2.24, 2.45) is 0 Å². The van der Waals surface area contributed by atoms with Crippen molar-refractivity contribution < 1.29 is 9.53 Å². The van der Waals surface area contributed by atoms with E-state index in [-0.39, 0.29) is 17.2 Å². The summed E-state index contributed by atoms with van der Waals surface area (Å²) >= 11 is 0. The fraction of sp³-hybridized carbons (Fsp3) is 0.312. The zero-order valence-electron chi connectivity index (χ0n) is 12.7. The third-order valence-corrected chi connectivity index (χ3v) is 3.26. The predicted octanol–water partition coefficient (Wildman–Crippen LogP) is 1.24. The number of hydrogen-bond acceptors (Lipinski definition) is 4. The molecule has 0 fully saturated rings. The van der Waals surface area contributed by atoms with Gasteiger partial charge in [0.25, 0.3) is 11.5 Å². The van der Waals surface area contributed by atoms with Crippen LogP contribution < -0.4 is 15.6 Å². The molecule has 0 atom stereocenters. The van der Waals surface area contributed by atoms with E-state index in [0.29, 0.717) is 19.5 Å². The van der Waals surface area contributed by atoms with E-state index in [0.717, 1.165) is 11.3 Å². The second-order valence-corrected chi connectivity index (χ2v) is 4.73. The van der Waals surface area contributed by atoms with Crippen LogP contribution in [-0.2, 0) is 13.0 Å². The minimum atomic E-state index is -0.282. The van der Waals surface area contributed by atoms with Crippen LogP contribution in [0.2, 0.25) is 0 Å². The van der Waals surface area contributed by atoms with Gasteiger partial charge in [0.2, 0.25) is 0 Å². The Kier molecular flexibility index (Phi) is 5.30. The van der Waals surface area contributed by atoms with Crippen LogP contribution >= 0.6 is 0 Å². The van der Waals surface area contributed by atoms with Crippen LogP contribution in [0.25, 0.3) is 0 Å². The van der Waals surface area contributed by atoms with Crippen molar-refractivity contribution in [3.63, 3.8) is 0 Å². The molecule has 0 aliphatic carbocycles. The van der Waals surface area contributed by atoms with E-state index in [2.05, 4.69) is 10.4 Å². The fourth-order valence-electron chi connectivity index (χ4n) is 2.00. The van der Waals surface area contributed by atoms with Crippen LogP contribution in [0, 0.1) is 0 Å². The second kappa shape index (κ2) is 7.40. The average molecular weight is 301 g/mol. The van der Waals surface area contributed by atoms with Crippen molar-refractivity contribution in [1.29, 1.82) is 0 Å². The number of amides is 1. The summed E-state index contributed by atoms with van der Waals surface area (Å²) in [5, 5.41) is 6.81. The molecule has 0 radical (unpaired) electrons. The Hall–Kier alpha value is -2.63. The predicted molar refractivity (Wildman–Crippen MR) is 83.2 cm³/mol. The number of carbonyl (C=O) groups excluding carboxylic acids is 1. The first kappa shape index (κ1) is 15.8. The third-order valence-electron chi connectivity index (χ3n) is 3.26. The smallest absolute Gasteiger partial charge is 0.271 e. The highest BCUT2D eigenvalue weighted by molar-refractivity contribution is 5.91. The Labute approximate surface area is 128 Å². The number of aromatic nitrogens is 2. The number of carbonyl (C=O) groups is 1. The first-order valence-electron chi connectivity index (χ1n) is 7.13. The van der Waals surface area contributed by atoms with Crippen LogP contribution in [-0.4, -0.2) is 29.3 Å². The lowest BCUT2D eigenvalue weighted by atomic mass is 10.1. The maximum atomic E-state index is 12.0. The first-order valence-corrected chi connectivity index (χ1v) is 7.13. The molecule has 6 heteroatoms. The topological polar surface area (TPSA) is 73.2 Å². The highest BCUT2D eigenvalue weighted by atomic mass is 16.5. The number of nitrogens with zero attached hydrogens (tertiary/aromatic N) is 2. The van der Waals surface area contributed by atoms with Crippen molar-refractivity contribution >= 4 is 5.91 Å². The largest absolute Gasteiger partial charge is 0.497 e. The lowest BCUT2D eigenvalue weighted by Gasteiger charge is -2.07. The molecule has 0 spiro atoms. The van der Waals surface area contributed by atoms with Crippen LogP contribution in [0.15, 0.2) is 41.2 Å². The quantitative estimate of drug-likeness (QED) is 0.871. The number of methoxy groups -OCH3 is 1. The van der Waals surface area contributed by atoms with Gasteiger partial charge < -0.3 is 10.1 Å². The van der Waals surface area contributed by atoms with Gasteiger partial charge in [-0.1, -0.05) is 12.1 Å². The maximum absolute atomic E-state index is 12.0. The number of ether oxygens (including phenoxy) is 1. The summed E-state index contributed by atoms with van der Waals surface area (Å²) in [6.07, 6.45) is 0.711. The lowest BCUT2D eigenvalue weighted by Crippen LogP contribution is -2.30. The van der Waals surface area contributed by atoms with Gasteiger partial charge in [0.05, 0.1) is 7.11 Å². The molecule has 2 rings (SSSR count).